The van der Waals surface area contributed by atoms with Crippen molar-refractivity contribution in [1.82, 2.24) is 9.55 Å². The molecule has 0 radical (unpaired) electrons. The molecule has 1 N–H and O–H groups in total. The van der Waals surface area contributed by atoms with Gasteiger partial charge in [-0.2, -0.15) is 0 Å². The van der Waals surface area contributed by atoms with Crippen LogP contribution < -0.4 is 5.32 Å². The monoisotopic (exact) mass is 275 g/mol. The summed E-state index contributed by atoms with van der Waals surface area (Å²) in [7, 11) is 0. The SMILES string of the molecule is CCCCNc1nccn1C(C)Cc1ccc(F)cc1. The number of imidazole rings is 1. The molecule has 3 nitrogen and oxygen atoms in total. The van der Waals surface area contributed by atoms with Gasteiger partial charge in [0.05, 0.1) is 0 Å². The Balaban J connectivity index is 2.00. The molecule has 108 valence electrons. The molecule has 1 heterocycles. The van der Waals surface area contributed by atoms with E-state index in [-0.39, 0.29) is 11.9 Å². The Kier molecular flexibility index (Phi) is 5.16. The number of halogens is 1. The van der Waals surface area contributed by atoms with Gasteiger partial charge >= 0.3 is 0 Å². The molecule has 20 heavy (non-hydrogen) atoms. The molecule has 0 saturated carbocycles. The highest BCUT2D eigenvalue weighted by atomic mass is 19.1. The Labute approximate surface area is 119 Å². The van der Waals surface area contributed by atoms with Crippen molar-refractivity contribution in [2.24, 2.45) is 0 Å². The van der Waals surface area contributed by atoms with E-state index in [4.69, 9.17) is 0 Å². The molecule has 1 atom stereocenters. The minimum atomic E-state index is -0.189. The lowest BCUT2D eigenvalue weighted by Gasteiger charge is -2.17. The minimum Gasteiger partial charge on any atom is -0.356 e. The first-order valence-electron chi connectivity index (χ1n) is 7.22. The van der Waals surface area contributed by atoms with Gasteiger partial charge in [-0.3, -0.25) is 0 Å². The average molecular weight is 275 g/mol. The normalized spacial score (nSPS) is 12.3. The third-order valence-electron chi connectivity index (χ3n) is 3.40. The van der Waals surface area contributed by atoms with Gasteiger partial charge in [-0.25, -0.2) is 9.37 Å². The van der Waals surface area contributed by atoms with Crippen molar-refractivity contribution >= 4 is 5.95 Å². The lowest BCUT2D eigenvalue weighted by atomic mass is 10.1. The highest BCUT2D eigenvalue weighted by Crippen LogP contribution is 2.18. The second kappa shape index (κ2) is 7.08. The van der Waals surface area contributed by atoms with Gasteiger partial charge in [-0.1, -0.05) is 25.5 Å². The van der Waals surface area contributed by atoms with Gasteiger partial charge in [0.25, 0.3) is 0 Å². The Hall–Kier alpha value is -1.84. The molecule has 0 bridgehead atoms. The van der Waals surface area contributed by atoms with Gasteiger partial charge < -0.3 is 9.88 Å². The van der Waals surface area contributed by atoms with E-state index in [0.717, 1.165) is 30.9 Å². The quantitative estimate of drug-likeness (QED) is 0.773. The maximum atomic E-state index is 12.9. The molecule has 0 fully saturated rings. The van der Waals surface area contributed by atoms with Crippen LogP contribution in [0.3, 0.4) is 0 Å². The molecule has 1 aromatic heterocycles. The number of nitrogens with one attached hydrogen (secondary N) is 1. The molecule has 1 aromatic carbocycles. The van der Waals surface area contributed by atoms with Gasteiger partial charge in [0.2, 0.25) is 5.95 Å². The second-order valence-corrected chi connectivity index (χ2v) is 5.12. The summed E-state index contributed by atoms with van der Waals surface area (Å²) in [6.45, 7) is 5.26. The van der Waals surface area contributed by atoms with Crippen molar-refractivity contribution in [1.29, 1.82) is 0 Å². The standard InChI is InChI=1S/C16H22FN3/c1-3-4-9-18-16-19-10-11-20(16)13(2)12-14-5-7-15(17)8-6-14/h5-8,10-11,13H,3-4,9,12H2,1-2H3,(H,18,19). The Morgan fingerprint density at radius 3 is 2.75 bits per heavy atom. The van der Waals surface area contributed by atoms with Crippen LogP contribution in [0.25, 0.3) is 0 Å². The molecule has 4 heteroatoms. The van der Waals surface area contributed by atoms with Crippen molar-refractivity contribution < 1.29 is 4.39 Å². The molecule has 0 aliphatic carbocycles. The fourth-order valence-electron chi connectivity index (χ4n) is 2.24. The minimum absolute atomic E-state index is 0.189. The molecule has 2 aromatic rings. The van der Waals surface area contributed by atoms with Gasteiger partial charge in [-0.05, 0) is 37.5 Å². The first-order valence-corrected chi connectivity index (χ1v) is 7.22. The second-order valence-electron chi connectivity index (χ2n) is 5.12. The van der Waals surface area contributed by atoms with E-state index < -0.39 is 0 Å². The van der Waals surface area contributed by atoms with Gasteiger partial charge in [0.15, 0.2) is 0 Å². The summed E-state index contributed by atoms with van der Waals surface area (Å²) in [4.78, 5) is 4.36. The molecular weight excluding hydrogens is 253 g/mol. The predicted octanol–water partition coefficient (Wildman–Crippen LogP) is 4.04. The first kappa shape index (κ1) is 14.6. The summed E-state index contributed by atoms with van der Waals surface area (Å²) in [6, 6.07) is 6.99. The van der Waals surface area contributed by atoms with E-state index in [1.807, 2.05) is 24.5 Å². The Morgan fingerprint density at radius 1 is 1.30 bits per heavy atom. The van der Waals surface area contributed by atoms with Crippen molar-refractivity contribution in [3.63, 3.8) is 0 Å². The summed E-state index contributed by atoms with van der Waals surface area (Å²) >= 11 is 0. The zero-order valence-electron chi connectivity index (χ0n) is 12.1. The number of rotatable bonds is 7. The van der Waals surface area contributed by atoms with Crippen molar-refractivity contribution in [3.8, 4) is 0 Å². The van der Waals surface area contributed by atoms with Crippen LogP contribution >= 0.6 is 0 Å². The smallest absolute Gasteiger partial charge is 0.203 e. The number of benzene rings is 1. The third-order valence-corrected chi connectivity index (χ3v) is 3.40. The Bertz CT molecular complexity index is 519. The molecule has 1 unspecified atom stereocenters. The van der Waals surface area contributed by atoms with Crippen LogP contribution in [0.1, 0.15) is 38.3 Å². The molecule has 0 aliphatic heterocycles. The largest absolute Gasteiger partial charge is 0.356 e. The van der Waals surface area contributed by atoms with E-state index in [1.54, 1.807) is 0 Å². The highest BCUT2D eigenvalue weighted by Gasteiger charge is 2.10. The van der Waals surface area contributed by atoms with E-state index in [1.165, 1.54) is 18.6 Å². The van der Waals surface area contributed by atoms with Crippen LogP contribution in [-0.4, -0.2) is 16.1 Å². The zero-order valence-corrected chi connectivity index (χ0v) is 12.1. The van der Waals surface area contributed by atoms with Crippen molar-refractivity contribution in [2.45, 2.75) is 39.2 Å². The number of anilines is 1. The maximum Gasteiger partial charge on any atom is 0.203 e. The summed E-state index contributed by atoms with van der Waals surface area (Å²) in [5.41, 5.74) is 1.13. The van der Waals surface area contributed by atoms with Gasteiger partial charge in [0.1, 0.15) is 5.82 Å². The Morgan fingerprint density at radius 2 is 2.05 bits per heavy atom. The van der Waals surface area contributed by atoms with E-state index >= 15 is 0 Å². The van der Waals surface area contributed by atoms with Crippen LogP contribution in [0, 0.1) is 5.82 Å². The number of unbranched alkanes of at least 4 members (excludes halogenated alkanes) is 1. The average Bonchev–Trinajstić information content (AvgIpc) is 2.90. The molecule has 0 spiro atoms. The topological polar surface area (TPSA) is 29.9 Å². The third kappa shape index (κ3) is 3.83. The lowest BCUT2D eigenvalue weighted by Crippen LogP contribution is -2.13. The summed E-state index contributed by atoms with van der Waals surface area (Å²) < 4.78 is 15.0. The summed E-state index contributed by atoms with van der Waals surface area (Å²) in [5, 5.41) is 3.36. The fraction of sp³-hybridized carbons (Fsp3) is 0.438. The molecular formula is C16H22FN3. The van der Waals surface area contributed by atoms with Gasteiger partial charge in [-0.15, -0.1) is 0 Å². The number of hydrogen-bond acceptors (Lipinski definition) is 2. The van der Waals surface area contributed by atoms with Crippen LogP contribution in [0.15, 0.2) is 36.7 Å². The van der Waals surface area contributed by atoms with E-state index in [9.17, 15) is 4.39 Å². The van der Waals surface area contributed by atoms with Gasteiger partial charge in [0, 0.05) is 25.0 Å². The molecule has 2 rings (SSSR count). The predicted molar refractivity (Wildman–Crippen MR) is 80.4 cm³/mol. The van der Waals surface area contributed by atoms with Crippen LogP contribution in [0.5, 0.6) is 0 Å². The molecule has 0 saturated heterocycles. The van der Waals surface area contributed by atoms with Crippen molar-refractivity contribution in [2.75, 3.05) is 11.9 Å². The van der Waals surface area contributed by atoms with Crippen LogP contribution in [0.2, 0.25) is 0 Å². The van der Waals surface area contributed by atoms with E-state index in [0.29, 0.717) is 0 Å². The highest BCUT2D eigenvalue weighted by molar-refractivity contribution is 5.27. The summed E-state index contributed by atoms with van der Waals surface area (Å²) in [6.07, 6.45) is 6.97. The van der Waals surface area contributed by atoms with Crippen molar-refractivity contribution in [3.05, 3.63) is 48.0 Å². The maximum absolute atomic E-state index is 12.9. The summed E-state index contributed by atoms with van der Waals surface area (Å²) in [5.74, 6) is 0.721. The molecule has 0 aliphatic rings. The zero-order chi connectivity index (χ0) is 14.4. The first-order chi connectivity index (χ1) is 9.70. The van der Waals surface area contributed by atoms with Crippen LogP contribution in [0.4, 0.5) is 10.3 Å². The number of hydrogen-bond donors (Lipinski definition) is 1. The molecule has 0 amide bonds. The number of nitrogens with zero attached hydrogens (tertiary/aromatic N) is 2. The number of aromatic nitrogens is 2. The van der Waals surface area contributed by atoms with Crippen LogP contribution in [-0.2, 0) is 6.42 Å². The van der Waals surface area contributed by atoms with E-state index in [2.05, 4.69) is 28.7 Å². The fourth-order valence-corrected chi connectivity index (χ4v) is 2.24. The lowest BCUT2D eigenvalue weighted by molar-refractivity contribution is 0.547.